The van der Waals surface area contributed by atoms with Crippen LogP contribution in [0, 0.1) is 0 Å². The number of rotatable bonds is 5. The number of anilines is 3. The Morgan fingerprint density at radius 1 is 0.385 bits per heavy atom. The van der Waals surface area contributed by atoms with Crippen LogP contribution < -0.4 is 4.90 Å². The maximum atomic E-state index is 6.45. The number of hydrogen-bond donors (Lipinski definition) is 0. The first-order valence-electron chi connectivity index (χ1n) is 17.5. The van der Waals surface area contributed by atoms with Gasteiger partial charge < -0.3 is 9.32 Å². The largest absolute Gasteiger partial charge is 0.456 e. The Morgan fingerprint density at radius 3 is 1.87 bits per heavy atom. The lowest BCUT2D eigenvalue weighted by Gasteiger charge is -2.27. The van der Waals surface area contributed by atoms with Crippen molar-refractivity contribution in [3.05, 3.63) is 176 Å². The highest BCUT2D eigenvalue weighted by Gasteiger charge is 2.23. The highest BCUT2D eigenvalue weighted by molar-refractivity contribution is 7.27. The minimum atomic E-state index is 0.884. The van der Waals surface area contributed by atoms with E-state index >= 15 is 0 Å². The third-order valence-electron chi connectivity index (χ3n) is 10.3. The lowest BCUT2D eigenvalue weighted by atomic mass is 10.0. The van der Waals surface area contributed by atoms with Crippen LogP contribution in [0.5, 0.6) is 0 Å². The summed E-state index contributed by atoms with van der Waals surface area (Å²) in [6.45, 7) is 0. The standard InChI is InChI=1S/C48H29NOS2/c1-3-12-30(13-4-1)32-24-26-35-36-27-25-33(29-45(36)51-44(35)28-32)49(40-20-11-23-43-46(40)39-16-7-8-22-42(39)50-43)41-21-10-19-38-37-18-9-17-34(47(37)52-48(38)41)31-14-5-2-6-15-31/h1-29H. The van der Waals surface area contributed by atoms with Gasteiger partial charge in [0.2, 0.25) is 0 Å². The molecule has 52 heavy (non-hydrogen) atoms. The van der Waals surface area contributed by atoms with E-state index in [4.69, 9.17) is 4.42 Å². The van der Waals surface area contributed by atoms with Gasteiger partial charge in [0.1, 0.15) is 11.2 Å². The molecule has 4 heteroatoms. The van der Waals surface area contributed by atoms with E-state index in [1.54, 1.807) is 0 Å². The zero-order chi connectivity index (χ0) is 34.2. The van der Waals surface area contributed by atoms with Gasteiger partial charge in [0.15, 0.2) is 0 Å². The fraction of sp³-hybridized carbons (Fsp3) is 0. The molecule has 0 aliphatic heterocycles. The molecule has 0 bridgehead atoms. The van der Waals surface area contributed by atoms with Crippen molar-refractivity contribution in [2.45, 2.75) is 0 Å². The van der Waals surface area contributed by atoms with Crippen molar-refractivity contribution in [1.82, 2.24) is 0 Å². The maximum Gasteiger partial charge on any atom is 0.137 e. The summed E-state index contributed by atoms with van der Waals surface area (Å²) in [7, 11) is 0. The molecule has 0 saturated heterocycles. The molecule has 0 amide bonds. The summed E-state index contributed by atoms with van der Waals surface area (Å²) in [5.74, 6) is 0. The van der Waals surface area contributed by atoms with Crippen molar-refractivity contribution in [3.63, 3.8) is 0 Å². The number of nitrogens with zero attached hydrogens (tertiary/aromatic N) is 1. The van der Waals surface area contributed by atoms with Gasteiger partial charge in [-0.1, -0.05) is 133 Å². The first kappa shape index (κ1) is 29.5. The van der Waals surface area contributed by atoms with E-state index in [-0.39, 0.29) is 0 Å². The molecule has 0 atom stereocenters. The third-order valence-corrected chi connectivity index (χ3v) is 12.7. The van der Waals surface area contributed by atoms with Crippen molar-refractivity contribution in [2.75, 3.05) is 4.90 Å². The van der Waals surface area contributed by atoms with Crippen LogP contribution in [0.4, 0.5) is 17.1 Å². The van der Waals surface area contributed by atoms with Crippen LogP contribution in [0.15, 0.2) is 180 Å². The van der Waals surface area contributed by atoms with E-state index in [1.807, 2.05) is 28.7 Å². The molecule has 0 unspecified atom stereocenters. The molecule has 0 aliphatic carbocycles. The minimum Gasteiger partial charge on any atom is -0.456 e. The number of benzene rings is 8. The van der Waals surface area contributed by atoms with Gasteiger partial charge in [0.05, 0.1) is 21.5 Å². The van der Waals surface area contributed by atoms with Crippen LogP contribution in [-0.4, -0.2) is 0 Å². The first-order valence-corrected chi connectivity index (χ1v) is 19.1. The maximum absolute atomic E-state index is 6.45. The average Bonchev–Trinajstić information content (AvgIpc) is 3.90. The highest BCUT2D eigenvalue weighted by atomic mass is 32.1. The molecule has 0 aliphatic rings. The first-order chi connectivity index (χ1) is 25.8. The predicted molar refractivity (Wildman–Crippen MR) is 225 cm³/mol. The number of hydrogen-bond acceptors (Lipinski definition) is 4. The summed E-state index contributed by atoms with van der Waals surface area (Å²) in [6, 6.07) is 63.6. The molecule has 8 aromatic carbocycles. The third kappa shape index (κ3) is 4.55. The summed E-state index contributed by atoms with van der Waals surface area (Å²) < 4.78 is 11.6. The van der Waals surface area contributed by atoms with E-state index < -0.39 is 0 Å². The second kappa shape index (κ2) is 11.7. The Kier molecular flexibility index (Phi) is 6.63. The van der Waals surface area contributed by atoms with Crippen molar-refractivity contribution in [1.29, 1.82) is 0 Å². The van der Waals surface area contributed by atoms with Crippen LogP contribution in [0.3, 0.4) is 0 Å². The Balaban J connectivity index is 1.18. The zero-order valence-corrected chi connectivity index (χ0v) is 29.5. The number of fused-ring (bicyclic) bond motifs is 9. The molecule has 0 spiro atoms. The topological polar surface area (TPSA) is 16.4 Å². The molecule has 0 fully saturated rings. The Hall–Kier alpha value is -6.20. The smallest absolute Gasteiger partial charge is 0.137 e. The van der Waals surface area contributed by atoms with Gasteiger partial charge in [0.25, 0.3) is 0 Å². The van der Waals surface area contributed by atoms with Crippen molar-refractivity contribution < 1.29 is 4.42 Å². The van der Waals surface area contributed by atoms with Crippen LogP contribution in [0.2, 0.25) is 0 Å². The molecule has 244 valence electrons. The van der Waals surface area contributed by atoms with Crippen LogP contribution >= 0.6 is 22.7 Å². The van der Waals surface area contributed by atoms with Gasteiger partial charge in [-0.2, -0.15) is 0 Å². The Morgan fingerprint density at radius 2 is 1.02 bits per heavy atom. The minimum absolute atomic E-state index is 0.884. The second-order valence-corrected chi connectivity index (χ2v) is 15.4. The van der Waals surface area contributed by atoms with Crippen LogP contribution in [0.25, 0.3) is 84.5 Å². The quantitative estimate of drug-likeness (QED) is 0.178. The van der Waals surface area contributed by atoms with E-state index in [1.165, 1.54) is 62.6 Å². The van der Waals surface area contributed by atoms with E-state index in [0.29, 0.717) is 0 Å². The monoisotopic (exact) mass is 699 g/mol. The highest BCUT2D eigenvalue weighted by Crippen LogP contribution is 2.50. The number of furan rings is 1. The molecule has 3 aromatic heterocycles. The predicted octanol–water partition coefficient (Wildman–Crippen LogP) is 15.1. The van der Waals surface area contributed by atoms with Crippen molar-refractivity contribution in [2.24, 2.45) is 0 Å². The van der Waals surface area contributed by atoms with Gasteiger partial charge in [-0.25, -0.2) is 0 Å². The lowest BCUT2D eigenvalue weighted by Crippen LogP contribution is -2.10. The van der Waals surface area contributed by atoms with Crippen LogP contribution in [0.1, 0.15) is 0 Å². The Bertz CT molecular complexity index is 3130. The summed E-state index contributed by atoms with van der Waals surface area (Å²) in [4.78, 5) is 2.46. The van der Waals surface area contributed by atoms with Gasteiger partial charge in [0, 0.05) is 46.7 Å². The molecule has 3 heterocycles. The fourth-order valence-corrected chi connectivity index (χ4v) is 10.4. The summed E-state index contributed by atoms with van der Waals surface area (Å²) in [5.41, 5.74) is 10.1. The molecule has 11 aromatic rings. The van der Waals surface area contributed by atoms with Crippen molar-refractivity contribution in [3.8, 4) is 22.3 Å². The Labute approximate surface area is 308 Å². The van der Waals surface area contributed by atoms with Gasteiger partial charge in [-0.3, -0.25) is 0 Å². The fourth-order valence-electron chi connectivity index (χ4n) is 7.89. The molecule has 11 rings (SSSR count). The number of thiophene rings is 2. The normalized spacial score (nSPS) is 11.8. The van der Waals surface area contributed by atoms with Gasteiger partial charge in [-0.15, -0.1) is 22.7 Å². The SMILES string of the molecule is c1ccc(-c2ccc3c(c2)sc2cc(N(c4cccc5c4sc4c(-c6ccccc6)cccc45)c4cccc5oc6ccccc6c45)ccc23)cc1. The van der Waals surface area contributed by atoms with Gasteiger partial charge in [-0.05, 0) is 64.7 Å². The molecular formula is C48H29NOS2. The average molecular weight is 700 g/mol. The van der Waals surface area contributed by atoms with E-state index in [2.05, 4.69) is 175 Å². The summed E-state index contributed by atoms with van der Waals surface area (Å²) in [5, 5.41) is 7.35. The van der Waals surface area contributed by atoms with Crippen molar-refractivity contribution >= 4 is 102 Å². The molecule has 0 saturated carbocycles. The molecular weight excluding hydrogens is 671 g/mol. The zero-order valence-electron chi connectivity index (χ0n) is 27.9. The van der Waals surface area contributed by atoms with Crippen LogP contribution in [-0.2, 0) is 0 Å². The number of para-hydroxylation sites is 1. The van der Waals surface area contributed by atoms with E-state index in [0.717, 1.165) is 39.0 Å². The summed E-state index contributed by atoms with van der Waals surface area (Å²) >= 11 is 3.75. The molecule has 0 radical (unpaired) electrons. The second-order valence-electron chi connectivity index (χ2n) is 13.2. The molecule has 0 N–H and O–H groups in total. The van der Waals surface area contributed by atoms with Gasteiger partial charge >= 0.3 is 0 Å². The molecule has 2 nitrogen and oxygen atoms in total. The lowest BCUT2D eigenvalue weighted by molar-refractivity contribution is 0.669. The summed E-state index contributed by atoms with van der Waals surface area (Å²) in [6.07, 6.45) is 0. The van der Waals surface area contributed by atoms with E-state index in [9.17, 15) is 0 Å².